The molecule has 2 aliphatic rings. The van der Waals surface area contributed by atoms with Gasteiger partial charge in [-0.15, -0.1) is 0 Å². The van der Waals surface area contributed by atoms with Crippen molar-refractivity contribution in [3.8, 4) is 5.75 Å². The predicted molar refractivity (Wildman–Crippen MR) is 119 cm³/mol. The number of aliphatic hydroxyl groups excluding tert-OH is 1. The number of aromatic nitrogens is 1. The molecule has 10 heteroatoms. The quantitative estimate of drug-likeness (QED) is 0.452. The highest BCUT2D eigenvalue weighted by molar-refractivity contribution is 6.02. The monoisotopic (exact) mass is 456 g/mol. The summed E-state index contributed by atoms with van der Waals surface area (Å²) < 4.78 is 5.33. The molecule has 0 saturated carbocycles. The number of benzene rings is 1. The minimum atomic E-state index is -0.911. The minimum absolute atomic E-state index is 0.149. The van der Waals surface area contributed by atoms with Gasteiger partial charge >= 0.3 is 0 Å². The fraction of sp³-hybridized carbons (Fsp3) is 0.478. The molecular weight excluding hydrogens is 428 g/mol. The molecule has 1 aromatic heterocycles. The van der Waals surface area contributed by atoms with Gasteiger partial charge in [0.25, 0.3) is 5.91 Å². The number of likely N-dealkylation sites (tertiary alicyclic amines) is 1. The average molecular weight is 456 g/mol. The number of H-pyrrole nitrogens is 1. The van der Waals surface area contributed by atoms with Crippen molar-refractivity contribution in [2.75, 3.05) is 20.3 Å². The number of Topliss-reactive ketones (excluding diaryl/α,β-unsaturated/α-hetero) is 1. The first-order valence-electron chi connectivity index (χ1n) is 11.0. The van der Waals surface area contributed by atoms with Crippen LogP contribution in [0.1, 0.15) is 36.7 Å². The van der Waals surface area contributed by atoms with Crippen molar-refractivity contribution in [3.05, 3.63) is 30.0 Å². The Bertz CT molecular complexity index is 1100. The topological polar surface area (TPSA) is 141 Å². The number of carbonyl (C=O) groups is 4. The first-order chi connectivity index (χ1) is 15.8. The molecule has 0 radical (unpaired) electrons. The van der Waals surface area contributed by atoms with Crippen LogP contribution in [0.25, 0.3) is 10.9 Å². The van der Waals surface area contributed by atoms with Crippen LogP contribution in [0.15, 0.2) is 24.3 Å². The SMILES string of the molecule is COc1cccc2[nH]c(C(=O)N[C@H]3CC(C)N(C(C[C@@H]4CCNC4=O)C(=O)CO)C3=O)cc12. The maximum Gasteiger partial charge on any atom is 0.268 e. The highest BCUT2D eigenvalue weighted by atomic mass is 16.5. The van der Waals surface area contributed by atoms with E-state index in [1.807, 2.05) is 12.1 Å². The van der Waals surface area contributed by atoms with Crippen LogP contribution in [0, 0.1) is 5.92 Å². The van der Waals surface area contributed by atoms with Gasteiger partial charge in [0.15, 0.2) is 5.78 Å². The lowest BCUT2D eigenvalue weighted by Gasteiger charge is -2.31. The second-order valence-electron chi connectivity index (χ2n) is 8.61. The van der Waals surface area contributed by atoms with Crippen molar-refractivity contribution in [3.63, 3.8) is 0 Å². The van der Waals surface area contributed by atoms with Gasteiger partial charge < -0.3 is 30.4 Å². The molecule has 2 aliphatic heterocycles. The number of fused-ring (bicyclic) bond motifs is 1. The molecular formula is C23H28N4O6. The van der Waals surface area contributed by atoms with E-state index in [4.69, 9.17) is 4.74 Å². The molecule has 0 aliphatic carbocycles. The maximum atomic E-state index is 13.2. The third kappa shape index (κ3) is 4.30. The molecule has 0 spiro atoms. The van der Waals surface area contributed by atoms with Crippen molar-refractivity contribution in [2.45, 2.75) is 44.3 Å². The summed E-state index contributed by atoms with van der Waals surface area (Å²) in [6.45, 7) is 1.61. The Morgan fingerprint density at radius 1 is 1.33 bits per heavy atom. The molecule has 2 fully saturated rings. The number of nitrogens with zero attached hydrogens (tertiary/aromatic N) is 1. The first kappa shape index (κ1) is 22.8. The molecule has 3 amide bonds. The molecule has 4 N–H and O–H groups in total. The van der Waals surface area contributed by atoms with Crippen LogP contribution in [0.4, 0.5) is 0 Å². The fourth-order valence-electron chi connectivity index (χ4n) is 4.84. The number of aromatic amines is 1. The summed E-state index contributed by atoms with van der Waals surface area (Å²) >= 11 is 0. The summed E-state index contributed by atoms with van der Waals surface area (Å²) in [5.41, 5.74) is 1.02. The lowest BCUT2D eigenvalue weighted by Crippen LogP contribution is -2.50. The number of nitrogens with one attached hydrogen (secondary N) is 3. The number of ketones is 1. The van der Waals surface area contributed by atoms with E-state index >= 15 is 0 Å². The molecule has 4 rings (SSSR count). The second kappa shape index (κ2) is 9.22. The van der Waals surface area contributed by atoms with Crippen molar-refractivity contribution in [1.82, 2.24) is 20.5 Å². The number of aliphatic hydroxyl groups is 1. The van der Waals surface area contributed by atoms with E-state index in [2.05, 4.69) is 15.6 Å². The highest BCUT2D eigenvalue weighted by Crippen LogP contribution is 2.29. The standard InChI is InChI=1S/C23H28N4O6/c1-12-8-17(26-22(31)16-10-14-15(25-16)4-3-5-20(14)33-2)23(32)27(12)18(19(29)11-28)9-13-6-7-24-21(13)30/h3-5,10,12-13,17-18,25,28H,6-9,11H2,1-2H3,(H,24,30)(H,26,31)/t12?,13-,17-,18?/m0/s1. The Hall–Kier alpha value is -3.40. The Kier molecular flexibility index (Phi) is 6.37. The maximum absolute atomic E-state index is 13.2. The minimum Gasteiger partial charge on any atom is -0.496 e. The van der Waals surface area contributed by atoms with E-state index < -0.39 is 36.3 Å². The Morgan fingerprint density at radius 2 is 2.12 bits per heavy atom. The van der Waals surface area contributed by atoms with Gasteiger partial charge in [-0.05, 0) is 44.4 Å². The smallest absolute Gasteiger partial charge is 0.268 e. The van der Waals surface area contributed by atoms with Crippen molar-refractivity contribution >= 4 is 34.4 Å². The number of amides is 3. The number of hydrogen-bond acceptors (Lipinski definition) is 6. The normalized spacial score (nSPS) is 23.6. The molecule has 2 saturated heterocycles. The zero-order chi connectivity index (χ0) is 23.7. The number of carbonyl (C=O) groups excluding carboxylic acids is 4. The third-order valence-electron chi connectivity index (χ3n) is 6.53. The van der Waals surface area contributed by atoms with Gasteiger partial charge in [0.1, 0.15) is 24.1 Å². The third-order valence-corrected chi connectivity index (χ3v) is 6.53. The Balaban J connectivity index is 1.51. The largest absolute Gasteiger partial charge is 0.496 e. The Morgan fingerprint density at radius 3 is 2.79 bits per heavy atom. The van der Waals surface area contributed by atoms with E-state index in [1.165, 1.54) is 4.90 Å². The predicted octanol–water partition coefficient (Wildman–Crippen LogP) is 0.352. The van der Waals surface area contributed by atoms with Crippen LogP contribution >= 0.6 is 0 Å². The average Bonchev–Trinajstić information content (AvgIpc) is 3.49. The number of rotatable bonds is 8. The van der Waals surface area contributed by atoms with E-state index in [-0.39, 0.29) is 24.3 Å². The van der Waals surface area contributed by atoms with Crippen molar-refractivity contribution in [2.24, 2.45) is 5.92 Å². The van der Waals surface area contributed by atoms with Gasteiger partial charge in [0, 0.05) is 29.4 Å². The van der Waals surface area contributed by atoms with Crippen molar-refractivity contribution in [1.29, 1.82) is 0 Å². The molecule has 3 heterocycles. The second-order valence-corrected chi connectivity index (χ2v) is 8.61. The lowest BCUT2D eigenvalue weighted by atomic mass is 9.94. The van der Waals surface area contributed by atoms with Gasteiger partial charge in [-0.3, -0.25) is 19.2 Å². The molecule has 0 bridgehead atoms. The molecule has 1 aromatic carbocycles. The van der Waals surface area contributed by atoms with Crippen molar-refractivity contribution < 1.29 is 29.0 Å². The summed E-state index contributed by atoms with van der Waals surface area (Å²) in [6.07, 6.45) is 1.05. The fourth-order valence-corrected chi connectivity index (χ4v) is 4.84. The molecule has 4 atom stereocenters. The summed E-state index contributed by atoms with van der Waals surface area (Å²) in [5, 5.41) is 15.7. The van der Waals surface area contributed by atoms with E-state index in [9.17, 15) is 24.3 Å². The summed E-state index contributed by atoms with van der Waals surface area (Å²) in [7, 11) is 1.55. The summed E-state index contributed by atoms with van der Waals surface area (Å²) in [6, 6.07) is 5.03. The molecule has 33 heavy (non-hydrogen) atoms. The number of hydrogen-bond donors (Lipinski definition) is 4. The van der Waals surface area contributed by atoms with Gasteiger partial charge in [0.2, 0.25) is 11.8 Å². The van der Waals surface area contributed by atoms with Crippen LogP contribution in [0.2, 0.25) is 0 Å². The highest BCUT2D eigenvalue weighted by Gasteiger charge is 2.45. The van der Waals surface area contributed by atoms with Crippen LogP contribution in [-0.2, 0) is 14.4 Å². The molecule has 10 nitrogen and oxygen atoms in total. The first-order valence-corrected chi connectivity index (χ1v) is 11.0. The van der Waals surface area contributed by atoms with E-state index in [0.717, 1.165) is 10.9 Å². The zero-order valence-corrected chi connectivity index (χ0v) is 18.6. The van der Waals surface area contributed by atoms with Gasteiger partial charge in [-0.25, -0.2) is 0 Å². The molecule has 2 unspecified atom stereocenters. The van der Waals surface area contributed by atoms with E-state index in [1.54, 1.807) is 26.2 Å². The van der Waals surface area contributed by atoms with Crippen LogP contribution in [0.5, 0.6) is 5.75 Å². The van der Waals surface area contributed by atoms with Gasteiger partial charge in [0.05, 0.1) is 13.2 Å². The number of ether oxygens (including phenoxy) is 1. The van der Waals surface area contributed by atoms with E-state index in [0.29, 0.717) is 30.8 Å². The molecule has 176 valence electrons. The number of methoxy groups -OCH3 is 1. The van der Waals surface area contributed by atoms with Crippen LogP contribution < -0.4 is 15.4 Å². The molecule has 2 aromatic rings. The van der Waals surface area contributed by atoms with Crippen LogP contribution in [0.3, 0.4) is 0 Å². The summed E-state index contributed by atoms with van der Waals surface area (Å²) in [5.74, 6) is -1.26. The lowest BCUT2D eigenvalue weighted by molar-refractivity contribution is -0.141. The van der Waals surface area contributed by atoms with Gasteiger partial charge in [-0.1, -0.05) is 6.07 Å². The zero-order valence-electron chi connectivity index (χ0n) is 18.6. The van der Waals surface area contributed by atoms with Gasteiger partial charge in [-0.2, -0.15) is 0 Å². The van der Waals surface area contributed by atoms with Crippen LogP contribution in [-0.4, -0.2) is 76.9 Å². The summed E-state index contributed by atoms with van der Waals surface area (Å²) in [4.78, 5) is 55.1. The Labute approximate surface area is 190 Å².